The van der Waals surface area contributed by atoms with Gasteiger partial charge in [-0.1, -0.05) is 13.8 Å². The zero-order valence-electron chi connectivity index (χ0n) is 14.1. The molecular formula is C16H28N2O4S. The molecule has 0 amide bonds. The number of ketones is 1. The Kier molecular flexibility index (Phi) is 4.59. The van der Waals surface area contributed by atoms with Gasteiger partial charge in [-0.05, 0) is 24.2 Å². The molecule has 3 fully saturated rings. The van der Waals surface area contributed by atoms with Gasteiger partial charge >= 0.3 is 0 Å². The monoisotopic (exact) mass is 344 g/mol. The quantitative estimate of drug-likeness (QED) is 0.765. The first-order chi connectivity index (χ1) is 10.8. The molecule has 0 aromatic rings. The second-order valence-corrected chi connectivity index (χ2v) is 9.58. The number of sulfonamides is 1. The van der Waals surface area contributed by atoms with Crippen LogP contribution in [0.3, 0.4) is 0 Å². The smallest absolute Gasteiger partial charge is 0.212 e. The van der Waals surface area contributed by atoms with Gasteiger partial charge in [0.15, 0.2) is 0 Å². The molecule has 1 saturated heterocycles. The van der Waals surface area contributed by atoms with Gasteiger partial charge in [0.25, 0.3) is 0 Å². The highest BCUT2D eigenvalue weighted by atomic mass is 32.2. The lowest BCUT2D eigenvalue weighted by Crippen LogP contribution is -2.47. The van der Waals surface area contributed by atoms with E-state index in [1.165, 1.54) is 0 Å². The summed E-state index contributed by atoms with van der Waals surface area (Å²) in [5.74, 6) is 0.446. The van der Waals surface area contributed by atoms with Crippen molar-refractivity contribution in [1.29, 1.82) is 0 Å². The summed E-state index contributed by atoms with van der Waals surface area (Å²) in [4.78, 5) is 14.7. The highest BCUT2D eigenvalue weighted by Crippen LogP contribution is 2.64. The van der Waals surface area contributed by atoms with E-state index in [1.54, 1.807) is 0 Å². The number of carbonyl (C=O) groups excluding carboxylic acids is 1. The molecule has 1 N–H and O–H groups in total. The normalized spacial score (nSPS) is 34.2. The van der Waals surface area contributed by atoms with Gasteiger partial charge in [0.2, 0.25) is 10.0 Å². The number of rotatable bonds is 6. The molecule has 2 bridgehead atoms. The Bertz CT molecular complexity index is 569. The van der Waals surface area contributed by atoms with E-state index < -0.39 is 15.4 Å². The summed E-state index contributed by atoms with van der Waals surface area (Å²) in [6, 6.07) is 0. The lowest BCUT2D eigenvalue weighted by molar-refractivity contribution is -0.128. The minimum Gasteiger partial charge on any atom is -0.379 e. The van der Waals surface area contributed by atoms with Crippen LogP contribution in [0.5, 0.6) is 0 Å². The summed E-state index contributed by atoms with van der Waals surface area (Å²) >= 11 is 0. The van der Waals surface area contributed by atoms with Crippen molar-refractivity contribution in [3.8, 4) is 0 Å². The molecule has 2 atom stereocenters. The maximum Gasteiger partial charge on any atom is 0.212 e. The number of morpholine rings is 1. The minimum absolute atomic E-state index is 0.0502. The van der Waals surface area contributed by atoms with Gasteiger partial charge in [-0.3, -0.25) is 9.69 Å². The van der Waals surface area contributed by atoms with Crippen molar-refractivity contribution in [3.05, 3.63) is 0 Å². The molecule has 23 heavy (non-hydrogen) atoms. The van der Waals surface area contributed by atoms with E-state index in [-0.39, 0.29) is 17.0 Å². The van der Waals surface area contributed by atoms with E-state index in [0.717, 1.165) is 19.5 Å². The van der Waals surface area contributed by atoms with Crippen LogP contribution < -0.4 is 4.72 Å². The van der Waals surface area contributed by atoms with E-state index in [9.17, 15) is 13.2 Å². The fourth-order valence-electron chi connectivity index (χ4n) is 4.67. The summed E-state index contributed by atoms with van der Waals surface area (Å²) in [7, 11) is -3.44. The van der Waals surface area contributed by atoms with E-state index in [2.05, 4.69) is 23.5 Å². The fraction of sp³-hybridized carbons (Fsp3) is 0.938. The molecule has 3 aliphatic rings. The zero-order chi connectivity index (χ0) is 16.7. The minimum atomic E-state index is -3.44. The number of nitrogens with zero attached hydrogens (tertiary/aromatic N) is 1. The molecule has 132 valence electrons. The Hall–Kier alpha value is -0.500. The standard InChI is InChI=1S/C16H28N2O4S/c1-15(2)13-3-4-16(15,14(19)11-13)12-23(20,21)17-5-6-18-7-9-22-10-8-18/h13,17H,3-12H2,1-2H3/t13-,16+/m0/s1. The van der Waals surface area contributed by atoms with Crippen molar-refractivity contribution in [3.63, 3.8) is 0 Å². The Morgan fingerprint density at radius 1 is 1.30 bits per heavy atom. The third kappa shape index (κ3) is 3.08. The lowest BCUT2D eigenvalue weighted by atomic mass is 9.70. The lowest BCUT2D eigenvalue weighted by Gasteiger charge is -2.36. The number of Topliss-reactive ketones (excluding diaryl/α,β-unsaturated/α-hetero) is 1. The summed E-state index contributed by atoms with van der Waals surface area (Å²) < 4.78 is 33.1. The van der Waals surface area contributed by atoms with Crippen molar-refractivity contribution in [2.45, 2.75) is 33.1 Å². The summed E-state index contributed by atoms with van der Waals surface area (Å²) in [5.41, 5.74) is -0.883. The summed E-state index contributed by atoms with van der Waals surface area (Å²) in [6.45, 7) is 8.33. The molecule has 6 nitrogen and oxygen atoms in total. The number of hydrogen-bond donors (Lipinski definition) is 1. The number of nitrogens with one attached hydrogen (secondary N) is 1. The predicted molar refractivity (Wildman–Crippen MR) is 87.6 cm³/mol. The van der Waals surface area contributed by atoms with Gasteiger partial charge in [0, 0.05) is 38.0 Å². The topological polar surface area (TPSA) is 75.7 Å². The number of carbonyl (C=O) groups is 1. The van der Waals surface area contributed by atoms with Crippen LogP contribution in [0.4, 0.5) is 0 Å². The first kappa shape index (κ1) is 17.3. The third-order valence-corrected chi connectivity index (χ3v) is 7.95. The van der Waals surface area contributed by atoms with Crippen LogP contribution in [0.25, 0.3) is 0 Å². The molecule has 0 spiro atoms. The fourth-order valence-corrected chi connectivity index (χ4v) is 6.50. The highest BCUT2D eigenvalue weighted by Gasteiger charge is 2.65. The Balaban J connectivity index is 1.59. The largest absolute Gasteiger partial charge is 0.379 e. The van der Waals surface area contributed by atoms with E-state index in [0.29, 0.717) is 45.1 Å². The zero-order valence-corrected chi connectivity index (χ0v) is 15.0. The Morgan fingerprint density at radius 2 is 2.00 bits per heavy atom. The van der Waals surface area contributed by atoms with Gasteiger partial charge in [-0.15, -0.1) is 0 Å². The molecule has 0 radical (unpaired) electrons. The molecule has 1 aliphatic heterocycles. The number of ether oxygens (including phenoxy) is 1. The van der Waals surface area contributed by atoms with Crippen LogP contribution in [-0.2, 0) is 19.6 Å². The van der Waals surface area contributed by atoms with Crippen molar-refractivity contribution >= 4 is 15.8 Å². The molecule has 2 saturated carbocycles. The van der Waals surface area contributed by atoms with Gasteiger partial charge in [0.05, 0.1) is 19.0 Å². The number of hydrogen-bond acceptors (Lipinski definition) is 5. The van der Waals surface area contributed by atoms with E-state index >= 15 is 0 Å². The molecule has 3 rings (SSSR count). The van der Waals surface area contributed by atoms with E-state index in [1.807, 2.05) is 0 Å². The maximum absolute atomic E-state index is 12.5. The van der Waals surface area contributed by atoms with Crippen LogP contribution in [0.15, 0.2) is 0 Å². The van der Waals surface area contributed by atoms with Gasteiger partial charge in [-0.25, -0.2) is 13.1 Å². The molecule has 0 aromatic carbocycles. The Morgan fingerprint density at radius 3 is 2.57 bits per heavy atom. The summed E-state index contributed by atoms with van der Waals surface area (Å²) in [6.07, 6.45) is 2.24. The van der Waals surface area contributed by atoms with Crippen molar-refractivity contribution in [2.75, 3.05) is 45.1 Å². The van der Waals surface area contributed by atoms with Gasteiger partial charge in [-0.2, -0.15) is 0 Å². The summed E-state index contributed by atoms with van der Waals surface area (Å²) in [5, 5.41) is 0. The average molecular weight is 344 g/mol. The van der Waals surface area contributed by atoms with Crippen molar-refractivity contribution in [2.24, 2.45) is 16.7 Å². The maximum atomic E-state index is 12.5. The SMILES string of the molecule is CC1(C)[C@H]2CC[C@@]1(CS(=O)(=O)NCCN1CCOCC1)C(=O)C2. The van der Waals surface area contributed by atoms with Crippen molar-refractivity contribution in [1.82, 2.24) is 9.62 Å². The Labute approximate surface area is 139 Å². The van der Waals surface area contributed by atoms with Crippen LogP contribution in [0.1, 0.15) is 33.1 Å². The molecular weight excluding hydrogens is 316 g/mol. The first-order valence-corrected chi connectivity index (χ1v) is 10.2. The van der Waals surface area contributed by atoms with Crippen LogP contribution in [0, 0.1) is 16.7 Å². The molecule has 0 unspecified atom stereocenters. The van der Waals surface area contributed by atoms with Gasteiger partial charge in [0.1, 0.15) is 5.78 Å². The van der Waals surface area contributed by atoms with Crippen LogP contribution in [0.2, 0.25) is 0 Å². The second-order valence-electron chi connectivity index (χ2n) is 7.77. The average Bonchev–Trinajstić information content (AvgIpc) is 2.82. The van der Waals surface area contributed by atoms with Crippen molar-refractivity contribution < 1.29 is 17.9 Å². The first-order valence-electron chi connectivity index (χ1n) is 8.58. The molecule has 2 aliphatic carbocycles. The highest BCUT2D eigenvalue weighted by molar-refractivity contribution is 7.89. The predicted octanol–water partition coefficient (Wildman–Crippen LogP) is 0.633. The second kappa shape index (κ2) is 6.10. The molecule has 0 aromatic heterocycles. The molecule has 1 heterocycles. The van der Waals surface area contributed by atoms with Crippen LogP contribution >= 0.6 is 0 Å². The molecule has 7 heteroatoms. The number of fused-ring (bicyclic) bond motifs is 2. The van der Waals surface area contributed by atoms with Crippen LogP contribution in [-0.4, -0.2) is 64.2 Å². The van der Waals surface area contributed by atoms with E-state index in [4.69, 9.17) is 4.74 Å². The third-order valence-electron chi connectivity index (χ3n) is 6.43. The van der Waals surface area contributed by atoms with Gasteiger partial charge < -0.3 is 4.74 Å².